The van der Waals surface area contributed by atoms with Gasteiger partial charge in [-0.15, -0.1) is 0 Å². The van der Waals surface area contributed by atoms with Crippen LogP contribution in [0.4, 0.5) is 5.69 Å². The van der Waals surface area contributed by atoms with Crippen molar-refractivity contribution in [1.82, 2.24) is 19.7 Å². The van der Waals surface area contributed by atoms with Gasteiger partial charge in [0.1, 0.15) is 6.54 Å². The predicted molar refractivity (Wildman–Crippen MR) is 114 cm³/mol. The third kappa shape index (κ3) is 4.78. The van der Waals surface area contributed by atoms with Crippen LogP contribution >= 0.6 is 12.2 Å². The van der Waals surface area contributed by atoms with Crippen LogP contribution in [0.2, 0.25) is 0 Å². The molecule has 0 bridgehead atoms. The van der Waals surface area contributed by atoms with Gasteiger partial charge in [-0.2, -0.15) is 5.10 Å². The predicted octanol–water partition coefficient (Wildman–Crippen LogP) is 3.14. The number of nitrogens with zero attached hydrogens (tertiary/aromatic N) is 3. The maximum absolute atomic E-state index is 12.4. The van der Waals surface area contributed by atoms with Crippen molar-refractivity contribution in [1.29, 1.82) is 0 Å². The summed E-state index contributed by atoms with van der Waals surface area (Å²) in [4.78, 5) is 24.8. The molecule has 0 aliphatic heterocycles. The maximum Gasteiger partial charge on any atom is 0.251 e. The summed E-state index contributed by atoms with van der Waals surface area (Å²) >= 11 is 5.39. The molecule has 3 rings (SSSR count). The molecule has 0 aliphatic rings. The van der Waals surface area contributed by atoms with Gasteiger partial charge in [0, 0.05) is 18.3 Å². The molecule has 0 unspecified atom stereocenters. The second-order valence-corrected chi connectivity index (χ2v) is 7.14. The zero-order chi connectivity index (χ0) is 21.0. The van der Waals surface area contributed by atoms with Gasteiger partial charge in [0.15, 0.2) is 10.6 Å². The van der Waals surface area contributed by atoms with E-state index in [4.69, 9.17) is 12.2 Å². The highest BCUT2D eigenvalue weighted by Crippen LogP contribution is 2.13. The second-order valence-electron chi connectivity index (χ2n) is 6.78. The van der Waals surface area contributed by atoms with E-state index in [1.165, 1.54) is 4.68 Å². The van der Waals surface area contributed by atoms with Crippen molar-refractivity contribution in [2.24, 2.45) is 7.05 Å². The van der Waals surface area contributed by atoms with Gasteiger partial charge >= 0.3 is 0 Å². The van der Waals surface area contributed by atoms with Crippen molar-refractivity contribution in [2.45, 2.75) is 26.9 Å². The number of hydrogen-bond donors (Lipinski definition) is 2. The average Bonchev–Trinajstić information content (AvgIpc) is 2.96. The van der Waals surface area contributed by atoms with Crippen LogP contribution in [-0.2, 0) is 24.9 Å². The minimum Gasteiger partial charge on any atom is -0.345 e. The van der Waals surface area contributed by atoms with Crippen LogP contribution < -0.4 is 10.6 Å². The first-order valence-electron chi connectivity index (χ1n) is 9.19. The number of hydrogen-bond acceptors (Lipinski definition) is 4. The standard InChI is InChI=1S/C21H23N5O2S/c1-14-8-4-6-10-16(14)20(28)22-12-18-24-26(21(29)25(18)3)13-19(27)23-17-11-7-5-9-15(17)2/h4-11H,12-13H2,1-3H3,(H,22,28)(H,23,27). The fraction of sp³-hybridized carbons (Fsp3) is 0.238. The fourth-order valence-electron chi connectivity index (χ4n) is 2.91. The summed E-state index contributed by atoms with van der Waals surface area (Å²) in [6, 6.07) is 14.9. The van der Waals surface area contributed by atoms with Crippen molar-refractivity contribution < 1.29 is 9.59 Å². The molecule has 0 aliphatic carbocycles. The quantitative estimate of drug-likeness (QED) is 0.613. The summed E-state index contributed by atoms with van der Waals surface area (Å²) in [7, 11) is 1.76. The van der Waals surface area contributed by atoms with E-state index in [-0.39, 0.29) is 24.9 Å². The topological polar surface area (TPSA) is 81.0 Å². The monoisotopic (exact) mass is 409 g/mol. The number of nitrogens with one attached hydrogen (secondary N) is 2. The highest BCUT2D eigenvalue weighted by atomic mass is 32.1. The first-order valence-corrected chi connectivity index (χ1v) is 9.59. The number of rotatable bonds is 6. The van der Waals surface area contributed by atoms with Gasteiger partial charge in [0.05, 0.1) is 6.54 Å². The van der Waals surface area contributed by atoms with E-state index < -0.39 is 0 Å². The molecule has 0 saturated carbocycles. The van der Waals surface area contributed by atoms with Gasteiger partial charge < -0.3 is 15.2 Å². The molecule has 1 heterocycles. The molecule has 3 aromatic rings. The lowest BCUT2D eigenvalue weighted by atomic mass is 10.1. The summed E-state index contributed by atoms with van der Waals surface area (Å²) in [5, 5.41) is 10.1. The Labute approximate surface area is 174 Å². The molecular weight excluding hydrogens is 386 g/mol. The largest absolute Gasteiger partial charge is 0.345 e. The van der Waals surface area contributed by atoms with Gasteiger partial charge in [-0.1, -0.05) is 36.4 Å². The lowest BCUT2D eigenvalue weighted by molar-refractivity contribution is -0.116. The van der Waals surface area contributed by atoms with Gasteiger partial charge in [-0.25, -0.2) is 4.68 Å². The Hall–Kier alpha value is -3.26. The SMILES string of the molecule is Cc1ccccc1NC(=O)Cn1nc(CNC(=O)c2ccccc2C)n(C)c1=S. The summed E-state index contributed by atoms with van der Waals surface area (Å²) in [6.07, 6.45) is 0. The minimum atomic E-state index is -0.219. The molecule has 0 fully saturated rings. The normalized spacial score (nSPS) is 10.6. The molecular formula is C21H23N5O2S. The summed E-state index contributed by atoms with van der Waals surface area (Å²) in [6.45, 7) is 4.02. The van der Waals surface area contributed by atoms with Crippen molar-refractivity contribution in [3.05, 3.63) is 75.8 Å². The molecule has 2 amide bonds. The Kier molecular flexibility index (Phi) is 6.23. The molecule has 8 heteroatoms. The Balaban J connectivity index is 1.67. The fourth-order valence-corrected chi connectivity index (χ4v) is 3.12. The van der Waals surface area contributed by atoms with E-state index in [2.05, 4.69) is 15.7 Å². The summed E-state index contributed by atoms with van der Waals surface area (Å²) < 4.78 is 3.55. The number of aryl methyl sites for hydroxylation is 2. The van der Waals surface area contributed by atoms with Gasteiger partial charge in [-0.05, 0) is 49.3 Å². The number of para-hydroxylation sites is 1. The van der Waals surface area contributed by atoms with E-state index in [1.807, 2.05) is 56.3 Å². The molecule has 1 aromatic heterocycles. The number of amides is 2. The van der Waals surface area contributed by atoms with Crippen molar-refractivity contribution in [3.63, 3.8) is 0 Å². The van der Waals surface area contributed by atoms with Crippen LogP contribution in [-0.4, -0.2) is 26.2 Å². The molecule has 2 aromatic carbocycles. The van der Waals surface area contributed by atoms with Gasteiger partial charge in [0.2, 0.25) is 5.91 Å². The van der Waals surface area contributed by atoms with E-state index >= 15 is 0 Å². The number of carbonyl (C=O) groups excluding carboxylic acids is 2. The highest BCUT2D eigenvalue weighted by molar-refractivity contribution is 7.71. The van der Waals surface area contributed by atoms with Crippen LogP contribution in [0.5, 0.6) is 0 Å². The lowest BCUT2D eigenvalue weighted by Crippen LogP contribution is -2.25. The van der Waals surface area contributed by atoms with Crippen molar-refractivity contribution in [3.8, 4) is 0 Å². The van der Waals surface area contributed by atoms with Gasteiger partial charge in [-0.3, -0.25) is 9.59 Å². The third-order valence-electron chi connectivity index (χ3n) is 4.64. The Bertz CT molecular complexity index is 1120. The molecule has 0 radical (unpaired) electrons. The van der Waals surface area contributed by atoms with Crippen LogP contribution in [0.3, 0.4) is 0 Å². The maximum atomic E-state index is 12.4. The lowest BCUT2D eigenvalue weighted by Gasteiger charge is -2.07. The number of benzene rings is 2. The Morgan fingerprint density at radius 1 is 1.03 bits per heavy atom. The minimum absolute atomic E-state index is 0.00719. The second kappa shape index (κ2) is 8.83. The summed E-state index contributed by atoms with van der Waals surface area (Å²) in [5.41, 5.74) is 3.25. The zero-order valence-electron chi connectivity index (χ0n) is 16.6. The molecule has 0 saturated heterocycles. The average molecular weight is 410 g/mol. The third-order valence-corrected chi connectivity index (χ3v) is 5.12. The smallest absolute Gasteiger partial charge is 0.251 e. The molecule has 29 heavy (non-hydrogen) atoms. The van der Waals surface area contributed by atoms with E-state index in [0.717, 1.165) is 16.8 Å². The van der Waals surface area contributed by atoms with Crippen LogP contribution in [0.25, 0.3) is 0 Å². The molecule has 0 atom stereocenters. The van der Waals surface area contributed by atoms with E-state index in [9.17, 15) is 9.59 Å². The van der Waals surface area contributed by atoms with E-state index in [0.29, 0.717) is 16.2 Å². The molecule has 2 N–H and O–H groups in total. The molecule has 0 spiro atoms. The Morgan fingerprint density at radius 3 is 2.38 bits per heavy atom. The number of aromatic nitrogens is 3. The van der Waals surface area contributed by atoms with Crippen molar-refractivity contribution in [2.75, 3.05) is 5.32 Å². The number of anilines is 1. The Morgan fingerprint density at radius 2 is 1.69 bits per heavy atom. The highest BCUT2D eigenvalue weighted by Gasteiger charge is 2.14. The zero-order valence-corrected chi connectivity index (χ0v) is 17.4. The van der Waals surface area contributed by atoms with Crippen LogP contribution in [0.15, 0.2) is 48.5 Å². The van der Waals surface area contributed by atoms with Crippen LogP contribution in [0, 0.1) is 18.6 Å². The van der Waals surface area contributed by atoms with E-state index in [1.54, 1.807) is 17.7 Å². The summed E-state index contributed by atoms with van der Waals surface area (Å²) in [5.74, 6) is 0.172. The number of carbonyl (C=O) groups is 2. The molecule has 150 valence electrons. The van der Waals surface area contributed by atoms with Crippen LogP contribution in [0.1, 0.15) is 27.3 Å². The van der Waals surface area contributed by atoms with Crippen molar-refractivity contribution >= 4 is 29.7 Å². The van der Waals surface area contributed by atoms with Gasteiger partial charge in [0.25, 0.3) is 5.91 Å². The molecule has 7 nitrogen and oxygen atoms in total. The first-order chi connectivity index (χ1) is 13.9. The first kappa shape index (κ1) is 20.5.